The smallest absolute Gasteiger partial charge is 0.263 e. The summed E-state index contributed by atoms with van der Waals surface area (Å²) in [4.78, 5) is 20.0. The lowest BCUT2D eigenvalue weighted by Gasteiger charge is -2.32. The molecule has 3 nitrogen and oxygen atoms in total. The van der Waals surface area contributed by atoms with Crippen LogP contribution in [-0.2, 0) is 0 Å². The number of hydrogen-bond acceptors (Lipinski definition) is 3. The third kappa shape index (κ3) is 2.86. The molecule has 1 saturated heterocycles. The summed E-state index contributed by atoms with van der Waals surface area (Å²) in [7, 11) is 0. The summed E-state index contributed by atoms with van der Waals surface area (Å²) in [6.45, 7) is 1.61. The van der Waals surface area contributed by atoms with E-state index in [1.807, 2.05) is 34.7 Å². The molecule has 0 unspecified atom stereocenters. The van der Waals surface area contributed by atoms with Gasteiger partial charge in [-0.3, -0.25) is 9.78 Å². The number of aromatic nitrogens is 1. The van der Waals surface area contributed by atoms with Gasteiger partial charge >= 0.3 is 0 Å². The number of thiophene rings is 1. The van der Waals surface area contributed by atoms with Crippen molar-refractivity contribution >= 4 is 28.0 Å². The molecule has 0 N–H and O–H groups in total. The molecular weight excluding hydrogens is 304 g/mol. The molecule has 0 bridgehead atoms. The van der Waals surface area contributed by atoms with Crippen LogP contribution in [0.4, 0.5) is 0 Å². The lowest BCUT2D eigenvalue weighted by Crippen LogP contribution is -2.39. The highest BCUT2D eigenvalue weighted by Gasteiger charge is 2.26. The highest BCUT2D eigenvalue weighted by Crippen LogP contribution is 2.28. The fraction of sp³-hybridized carbons (Fsp3) is 0.263. The predicted molar refractivity (Wildman–Crippen MR) is 93.9 cm³/mol. The summed E-state index contributed by atoms with van der Waals surface area (Å²) in [5, 5.41) is 4.34. The Kier molecular flexibility index (Phi) is 3.83. The minimum atomic E-state index is 0.158. The third-order valence-corrected chi connectivity index (χ3v) is 5.37. The van der Waals surface area contributed by atoms with Crippen molar-refractivity contribution in [3.05, 3.63) is 64.6 Å². The van der Waals surface area contributed by atoms with E-state index in [-0.39, 0.29) is 5.91 Å². The molecule has 1 aliphatic heterocycles. The fourth-order valence-electron chi connectivity index (χ4n) is 3.28. The Morgan fingerprint density at radius 3 is 2.87 bits per heavy atom. The molecule has 0 radical (unpaired) electrons. The SMILES string of the molecule is O=C(c1cccs1)N1CCC[C@H](c2cc3ccccc3cn2)C1. The molecule has 116 valence electrons. The van der Waals surface area contributed by atoms with Crippen LogP contribution < -0.4 is 0 Å². The number of nitrogens with zero attached hydrogens (tertiary/aromatic N) is 2. The molecule has 4 heteroatoms. The van der Waals surface area contributed by atoms with E-state index in [1.54, 1.807) is 0 Å². The molecule has 3 aromatic rings. The molecule has 3 heterocycles. The van der Waals surface area contributed by atoms with Gasteiger partial charge in [0, 0.05) is 36.3 Å². The molecule has 0 saturated carbocycles. The number of pyridine rings is 1. The van der Waals surface area contributed by atoms with Crippen molar-refractivity contribution in [3.63, 3.8) is 0 Å². The van der Waals surface area contributed by atoms with Gasteiger partial charge in [0.1, 0.15) is 0 Å². The van der Waals surface area contributed by atoms with E-state index in [1.165, 1.54) is 22.1 Å². The summed E-state index contributed by atoms with van der Waals surface area (Å²) < 4.78 is 0. The van der Waals surface area contributed by atoms with Crippen LogP contribution in [-0.4, -0.2) is 28.9 Å². The van der Waals surface area contributed by atoms with E-state index < -0.39 is 0 Å². The number of hydrogen-bond donors (Lipinski definition) is 0. The zero-order chi connectivity index (χ0) is 15.6. The average Bonchev–Trinajstić information content (AvgIpc) is 3.15. The summed E-state index contributed by atoms with van der Waals surface area (Å²) in [6.07, 6.45) is 4.08. The van der Waals surface area contributed by atoms with Gasteiger partial charge in [0.25, 0.3) is 5.91 Å². The van der Waals surface area contributed by atoms with E-state index in [0.29, 0.717) is 5.92 Å². The normalized spacial score (nSPS) is 18.3. The van der Waals surface area contributed by atoms with Gasteiger partial charge in [-0.15, -0.1) is 11.3 Å². The molecule has 23 heavy (non-hydrogen) atoms. The second kappa shape index (κ2) is 6.13. The van der Waals surface area contributed by atoms with Crippen LogP contribution >= 0.6 is 11.3 Å². The molecule has 1 amide bonds. The topological polar surface area (TPSA) is 33.2 Å². The first kappa shape index (κ1) is 14.4. The molecular formula is C19H18N2OS. The van der Waals surface area contributed by atoms with E-state index >= 15 is 0 Å². The Hall–Kier alpha value is -2.20. The Bertz CT molecular complexity index is 828. The Morgan fingerprint density at radius 1 is 1.17 bits per heavy atom. The van der Waals surface area contributed by atoms with Crippen molar-refractivity contribution in [3.8, 4) is 0 Å². The highest BCUT2D eigenvalue weighted by atomic mass is 32.1. The van der Waals surface area contributed by atoms with E-state index in [9.17, 15) is 4.79 Å². The molecule has 1 aliphatic rings. The van der Waals surface area contributed by atoms with Crippen LogP contribution in [0.1, 0.15) is 34.1 Å². The van der Waals surface area contributed by atoms with Crippen molar-refractivity contribution in [2.75, 3.05) is 13.1 Å². The van der Waals surface area contributed by atoms with Gasteiger partial charge in [-0.1, -0.05) is 30.3 Å². The largest absolute Gasteiger partial charge is 0.337 e. The predicted octanol–water partition coefficient (Wildman–Crippen LogP) is 4.32. The second-order valence-electron chi connectivity index (χ2n) is 6.02. The van der Waals surface area contributed by atoms with Gasteiger partial charge in [-0.05, 0) is 35.7 Å². The molecule has 1 atom stereocenters. The number of amides is 1. The van der Waals surface area contributed by atoms with Crippen molar-refractivity contribution in [2.24, 2.45) is 0 Å². The molecule has 2 aromatic heterocycles. The van der Waals surface area contributed by atoms with Crippen LogP contribution in [0.15, 0.2) is 54.0 Å². The summed E-state index contributed by atoms with van der Waals surface area (Å²) in [5.74, 6) is 0.489. The van der Waals surface area contributed by atoms with Crippen LogP contribution in [0.25, 0.3) is 10.8 Å². The Labute approximate surface area is 139 Å². The highest BCUT2D eigenvalue weighted by molar-refractivity contribution is 7.12. The maximum Gasteiger partial charge on any atom is 0.263 e. The lowest BCUT2D eigenvalue weighted by atomic mass is 9.93. The standard InChI is InChI=1S/C19H18N2OS/c22-19(18-8-4-10-23-18)21-9-3-7-16(13-21)17-11-14-5-1-2-6-15(14)12-20-17/h1-2,4-6,8,10-12,16H,3,7,9,13H2/t16-/m0/s1. The minimum Gasteiger partial charge on any atom is -0.337 e. The minimum absolute atomic E-state index is 0.158. The summed E-state index contributed by atoms with van der Waals surface area (Å²) in [6, 6.07) is 14.3. The maximum absolute atomic E-state index is 12.6. The van der Waals surface area contributed by atoms with Crippen LogP contribution in [0.3, 0.4) is 0 Å². The van der Waals surface area contributed by atoms with Crippen molar-refractivity contribution in [2.45, 2.75) is 18.8 Å². The van der Waals surface area contributed by atoms with E-state index in [4.69, 9.17) is 0 Å². The number of fused-ring (bicyclic) bond motifs is 1. The summed E-state index contributed by atoms with van der Waals surface area (Å²) >= 11 is 1.52. The number of rotatable bonds is 2. The van der Waals surface area contributed by atoms with Gasteiger partial charge < -0.3 is 4.90 Å². The molecule has 1 fully saturated rings. The van der Waals surface area contributed by atoms with Gasteiger partial charge in [-0.25, -0.2) is 0 Å². The van der Waals surface area contributed by atoms with Crippen LogP contribution in [0.2, 0.25) is 0 Å². The Balaban J connectivity index is 1.57. The quantitative estimate of drug-likeness (QED) is 0.704. The van der Waals surface area contributed by atoms with Crippen molar-refractivity contribution in [1.29, 1.82) is 0 Å². The molecule has 1 aromatic carbocycles. The van der Waals surface area contributed by atoms with Crippen molar-refractivity contribution in [1.82, 2.24) is 9.88 Å². The van der Waals surface area contributed by atoms with Crippen molar-refractivity contribution < 1.29 is 4.79 Å². The number of piperidine rings is 1. The third-order valence-electron chi connectivity index (χ3n) is 4.51. The lowest BCUT2D eigenvalue weighted by molar-refractivity contribution is 0.0711. The van der Waals surface area contributed by atoms with Gasteiger partial charge in [0.05, 0.1) is 4.88 Å². The molecule has 4 rings (SSSR count). The van der Waals surface area contributed by atoms with Gasteiger partial charge in [0.2, 0.25) is 0 Å². The first-order valence-electron chi connectivity index (χ1n) is 7.99. The van der Waals surface area contributed by atoms with E-state index in [0.717, 1.165) is 36.5 Å². The van der Waals surface area contributed by atoms with Crippen LogP contribution in [0.5, 0.6) is 0 Å². The maximum atomic E-state index is 12.6. The molecule has 0 spiro atoms. The zero-order valence-corrected chi connectivity index (χ0v) is 13.6. The van der Waals surface area contributed by atoms with Gasteiger partial charge in [-0.2, -0.15) is 0 Å². The first-order valence-corrected chi connectivity index (χ1v) is 8.87. The fourth-order valence-corrected chi connectivity index (χ4v) is 3.97. The number of likely N-dealkylation sites (tertiary alicyclic amines) is 1. The number of carbonyl (C=O) groups excluding carboxylic acids is 1. The van der Waals surface area contributed by atoms with Crippen LogP contribution in [0, 0.1) is 0 Å². The first-order chi connectivity index (χ1) is 11.3. The second-order valence-corrected chi connectivity index (χ2v) is 6.97. The van der Waals surface area contributed by atoms with Gasteiger partial charge in [0.15, 0.2) is 0 Å². The molecule has 0 aliphatic carbocycles. The zero-order valence-electron chi connectivity index (χ0n) is 12.8. The number of benzene rings is 1. The Morgan fingerprint density at radius 2 is 2.04 bits per heavy atom. The summed E-state index contributed by atoms with van der Waals surface area (Å²) in [5.41, 5.74) is 1.10. The monoisotopic (exact) mass is 322 g/mol. The average molecular weight is 322 g/mol. The van der Waals surface area contributed by atoms with E-state index in [2.05, 4.69) is 29.2 Å². The number of carbonyl (C=O) groups is 1.